The maximum Gasteiger partial charge on any atom is 0.0415 e. The summed E-state index contributed by atoms with van der Waals surface area (Å²) in [4.78, 5) is 4.51. The van der Waals surface area contributed by atoms with Crippen molar-refractivity contribution in [2.24, 2.45) is 0 Å². The van der Waals surface area contributed by atoms with Crippen LogP contribution in [0.5, 0.6) is 0 Å². The highest BCUT2D eigenvalue weighted by molar-refractivity contribution is 5.77. The van der Waals surface area contributed by atoms with E-state index in [0.717, 1.165) is 24.2 Å². The Hall–Kier alpha value is -4.82. The van der Waals surface area contributed by atoms with E-state index in [-0.39, 0.29) is 5.92 Å². The molecule has 0 saturated heterocycles. The van der Waals surface area contributed by atoms with Gasteiger partial charge in [-0.1, -0.05) is 128 Å². The maximum atomic E-state index is 3.81. The molecule has 0 amide bonds. The number of benzene rings is 3. The van der Waals surface area contributed by atoms with Crippen LogP contribution >= 0.6 is 0 Å². The predicted octanol–water partition coefficient (Wildman–Crippen LogP) is 12.1. The minimum Gasteiger partial charge on any atom is -0.351 e. The fourth-order valence-electron chi connectivity index (χ4n) is 5.29. The van der Waals surface area contributed by atoms with Gasteiger partial charge in [-0.3, -0.25) is 0 Å². The van der Waals surface area contributed by atoms with Gasteiger partial charge < -0.3 is 9.80 Å². The summed E-state index contributed by atoms with van der Waals surface area (Å²) in [6.07, 6.45) is 29.4. The van der Waals surface area contributed by atoms with E-state index in [9.17, 15) is 0 Å². The van der Waals surface area contributed by atoms with Gasteiger partial charge in [0.1, 0.15) is 0 Å². The van der Waals surface area contributed by atoms with Gasteiger partial charge in [-0.15, -0.1) is 0 Å². The molecule has 46 heavy (non-hydrogen) atoms. The van der Waals surface area contributed by atoms with Gasteiger partial charge in [0.15, 0.2) is 0 Å². The van der Waals surface area contributed by atoms with E-state index in [1.807, 2.05) is 19.1 Å². The zero-order chi connectivity index (χ0) is 32.7. The molecule has 3 aromatic rings. The molecule has 2 nitrogen and oxygen atoms in total. The van der Waals surface area contributed by atoms with Crippen LogP contribution in [0.25, 0.3) is 5.57 Å². The van der Waals surface area contributed by atoms with Crippen LogP contribution in [-0.4, -0.2) is 13.6 Å². The molecule has 4 rings (SSSR count). The molecule has 0 bridgehead atoms. The largest absolute Gasteiger partial charge is 0.351 e. The summed E-state index contributed by atoms with van der Waals surface area (Å²) < 4.78 is 0. The average molecular weight is 607 g/mol. The van der Waals surface area contributed by atoms with Crippen molar-refractivity contribution in [1.29, 1.82) is 0 Å². The third kappa shape index (κ3) is 9.84. The molecular formula is C44H50N2. The molecule has 0 heterocycles. The number of anilines is 3. The van der Waals surface area contributed by atoms with Crippen LogP contribution in [0.3, 0.4) is 0 Å². The lowest BCUT2D eigenvalue weighted by Crippen LogP contribution is -2.17. The summed E-state index contributed by atoms with van der Waals surface area (Å²) in [7, 11) is 2.07. The highest BCUT2D eigenvalue weighted by atomic mass is 15.1. The summed E-state index contributed by atoms with van der Waals surface area (Å²) in [5.41, 5.74) is 11.1. The molecule has 1 atom stereocenters. The summed E-state index contributed by atoms with van der Waals surface area (Å²) in [5, 5.41) is 0. The second kappa shape index (κ2) is 17.6. The highest BCUT2D eigenvalue weighted by Gasteiger charge is 2.12. The van der Waals surface area contributed by atoms with Crippen molar-refractivity contribution in [3.63, 3.8) is 0 Å². The predicted molar refractivity (Wildman–Crippen MR) is 204 cm³/mol. The van der Waals surface area contributed by atoms with Gasteiger partial charge in [0, 0.05) is 42.8 Å². The zero-order valence-corrected chi connectivity index (χ0v) is 28.4. The molecule has 236 valence electrons. The van der Waals surface area contributed by atoms with Crippen molar-refractivity contribution in [2.75, 3.05) is 23.4 Å². The summed E-state index contributed by atoms with van der Waals surface area (Å²) >= 11 is 0. The van der Waals surface area contributed by atoms with Crippen molar-refractivity contribution in [3.05, 3.63) is 180 Å². The fraction of sp³-hybridized carbons (Fsp3) is 0.227. The van der Waals surface area contributed by atoms with E-state index >= 15 is 0 Å². The smallest absolute Gasteiger partial charge is 0.0415 e. The molecule has 0 radical (unpaired) electrons. The molecule has 0 aromatic heterocycles. The Kier molecular flexibility index (Phi) is 13.0. The lowest BCUT2D eigenvalue weighted by Gasteiger charge is -2.24. The Bertz CT molecular complexity index is 1620. The monoisotopic (exact) mass is 606 g/mol. The number of allylic oxidation sites excluding steroid dienone is 13. The Balaban J connectivity index is 1.47. The van der Waals surface area contributed by atoms with Crippen LogP contribution in [0.4, 0.5) is 17.1 Å². The molecule has 1 unspecified atom stereocenters. The van der Waals surface area contributed by atoms with Gasteiger partial charge in [0.2, 0.25) is 0 Å². The fourth-order valence-corrected chi connectivity index (χ4v) is 5.29. The summed E-state index contributed by atoms with van der Waals surface area (Å²) in [6, 6.07) is 26.9. The molecule has 2 heteroatoms. The van der Waals surface area contributed by atoms with E-state index in [4.69, 9.17) is 0 Å². The second-order valence-corrected chi connectivity index (χ2v) is 11.9. The van der Waals surface area contributed by atoms with E-state index in [1.54, 1.807) is 0 Å². The second-order valence-electron chi connectivity index (χ2n) is 11.9. The molecular weight excluding hydrogens is 556 g/mol. The number of aryl methyl sites for hydroxylation is 1. The first-order valence-electron chi connectivity index (χ1n) is 16.5. The van der Waals surface area contributed by atoms with Crippen molar-refractivity contribution in [2.45, 2.75) is 52.9 Å². The number of unbranched alkanes of at least 4 members (excludes halogenated alkanes) is 1. The maximum absolute atomic E-state index is 3.81. The van der Waals surface area contributed by atoms with Crippen molar-refractivity contribution < 1.29 is 0 Å². The molecule has 3 aromatic carbocycles. The molecule has 0 saturated carbocycles. The Morgan fingerprint density at radius 3 is 2.17 bits per heavy atom. The van der Waals surface area contributed by atoms with Crippen LogP contribution in [0.15, 0.2) is 164 Å². The van der Waals surface area contributed by atoms with Gasteiger partial charge in [-0.05, 0) is 98.4 Å². The zero-order valence-electron chi connectivity index (χ0n) is 28.4. The first-order chi connectivity index (χ1) is 22.4. The number of hydrogen-bond donors (Lipinski definition) is 0. The third-order valence-electron chi connectivity index (χ3n) is 8.46. The Morgan fingerprint density at radius 2 is 1.52 bits per heavy atom. The first kappa shape index (κ1) is 34.1. The lowest BCUT2D eigenvalue weighted by atomic mass is 9.97. The van der Waals surface area contributed by atoms with Crippen LogP contribution in [0, 0.1) is 0 Å². The van der Waals surface area contributed by atoms with Gasteiger partial charge in [-0.25, -0.2) is 0 Å². The lowest BCUT2D eigenvalue weighted by molar-refractivity contribution is 0.795. The molecule has 0 fully saturated rings. The van der Waals surface area contributed by atoms with E-state index < -0.39 is 0 Å². The topological polar surface area (TPSA) is 6.48 Å². The third-order valence-corrected chi connectivity index (χ3v) is 8.46. The van der Waals surface area contributed by atoms with Crippen LogP contribution in [0.2, 0.25) is 0 Å². The first-order valence-corrected chi connectivity index (χ1v) is 16.5. The molecule has 1 aliphatic carbocycles. The quantitative estimate of drug-likeness (QED) is 0.168. The number of rotatable bonds is 14. The highest BCUT2D eigenvalue weighted by Crippen LogP contribution is 2.31. The average Bonchev–Trinajstić information content (AvgIpc) is 3.36. The van der Waals surface area contributed by atoms with E-state index in [2.05, 4.69) is 178 Å². The van der Waals surface area contributed by atoms with Gasteiger partial charge in [-0.2, -0.15) is 0 Å². The van der Waals surface area contributed by atoms with E-state index in [1.165, 1.54) is 52.1 Å². The SMILES string of the molecule is C=C/C(C)=C\C=C\N(C)c1ccc(C2=CC=CC(c3ccc(N(C/C=C\C(C)=C/C)c4ccc(CCCC)cc4)cc3)C=C2)cc1. The molecule has 0 aliphatic heterocycles. The molecule has 1 aliphatic rings. The van der Waals surface area contributed by atoms with Crippen LogP contribution in [0.1, 0.15) is 63.1 Å². The standard InChI is InChI=1S/C44H50N2/c1-7-10-16-37-19-27-43(28-20-37)46(34-13-15-36(5)9-3)44-31-25-41(26-32-44)39-18-11-17-38(21-22-39)40-23-29-42(30-24-40)45(6)33-12-14-35(4)8-2/h8-9,11-15,17-33,39H,2,7,10,16,34H2,1,3-6H3/b15-13-,33-12+,35-14-,36-9-. The van der Waals surface area contributed by atoms with Gasteiger partial charge in [0.25, 0.3) is 0 Å². The molecule has 0 N–H and O–H groups in total. The summed E-state index contributed by atoms with van der Waals surface area (Å²) in [5.74, 6) is 0.217. The number of nitrogens with zero attached hydrogens (tertiary/aromatic N) is 2. The minimum absolute atomic E-state index is 0.217. The Morgan fingerprint density at radius 1 is 0.848 bits per heavy atom. The Labute approximate surface area is 278 Å². The number of hydrogen-bond acceptors (Lipinski definition) is 2. The van der Waals surface area contributed by atoms with Gasteiger partial charge >= 0.3 is 0 Å². The molecule has 0 spiro atoms. The minimum atomic E-state index is 0.217. The summed E-state index contributed by atoms with van der Waals surface area (Å²) in [6.45, 7) is 13.1. The van der Waals surface area contributed by atoms with Crippen molar-refractivity contribution in [3.8, 4) is 0 Å². The van der Waals surface area contributed by atoms with Crippen LogP contribution < -0.4 is 9.80 Å². The van der Waals surface area contributed by atoms with Crippen molar-refractivity contribution in [1.82, 2.24) is 0 Å². The van der Waals surface area contributed by atoms with E-state index in [0.29, 0.717) is 0 Å². The van der Waals surface area contributed by atoms with Crippen molar-refractivity contribution >= 4 is 22.6 Å². The normalized spacial score (nSPS) is 15.3. The van der Waals surface area contributed by atoms with Crippen LogP contribution in [-0.2, 0) is 6.42 Å². The van der Waals surface area contributed by atoms with Gasteiger partial charge in [0.05, 0.1) is 0 Å².